The SMILES string of the molecule is CN1CCC2CC2(COc2nc3c(c(=O)[nH]2)c2c(c(Br)nn2C)n3C)C1. The molecule has 138 valence electrons. The zero-order chi connectivity index (χ0) is 18.2. The van der Waals surface area contributed by atoms with Gasteiger partial charge in [0.1, 0.15) is 16.4 Å². The highest BCUT2D eigenvalue weighted by Gasteiger charge is 2.56. The van der Waals surface area contributed by atoms with Crippen LogP contribution in [0.25, 0.3) is 22.1 Å². The van der Waals surface area contributed by atoms with Crippen LogP contribution in [-0.4, -0.2) is 56.0 Å². The highest BCUT2D eigenvalue weighted by atomic mass is 79.9. The Morgan fingerprint density at radius 3 is 2.96 bits per heavy atom. The fourth-order valence-electron chi connectivity index (χ4n) is 4.59. The Kier molecular flexibility index (Phi) is 3.34. The Morgan fingerprint density at radius 1 is 1.35 bits per heavy atom. The topological polar surface area (TPSA) is 81.0 Å². The van der Waals surface area contributed by atoms with Crippen molar-refractivity contribution < 1.29 is 4.74 Å². The number of halogens is 1. The number of fused-ring (bicyclic) bond motifs is 4. The molecule has 9 heteroatoms. The fraction of sp³-hybridized carbons (Fsp3) is 0.588. The van der Waals surface area contributed by atoms with Gasteiger partial charge in [-0.2, -0.15) is 10.1 Å². The lowest BCUT2D eigenvalue weighted by Gasteiger charge is -2.29. The molecule has 5 rings (SSSR count). The summed E-state index contributed by atoms with van der Waals surface area (Å²) in [4.78, 5) is 22.5. The van der Waals surface area contributed by atoms with Crippen LogP contribution in [-0.2, 0) is 14.1 Å². The van der Waals surface area contributed by atoms with Crippen molar-refractivity contribution >= 4 is 38.0 Å². The zero-order valence-electron chi connectivity index (χ0n) is 15.0. The number of hydrogen-bond donors (Lipinski definition) is 1. The maximum absolute atomic E-state index is 12.7. The first-order valence-electron chi connectivity index (χ1n) is 8.82. The van der Waals surface area contributed by atoms with Gasteiger partial charge in [-0.15, -0.1) is 0 Å². The van der Waals surface area contributed by atoms with Gasteiger partial charge in [0.2, 0.25) is 0 Å². The van der Waals surface area contributed by atoms with Gasteiger partial charge >= 0.3 is 0 Å². The summed E-state index contributed by atoms with van der Waals surface area (Å²) in [6.07, 6.45) is 2.43. The van der Waals surface area contributed by atoms with Crippen molar-refractivity contribution in [1.29, 1.82) is 0 Å². The van der Waals surface area contributed by atoms with Crippen LogP contribution in [0.1, 0.15) is 12.8 Å². The first-order chi connectivity index (χ1) is 12.4. The lowest BCUT2D eigenvalue weighted by molar-refractivity contribution is 0.129. The number of rotatable bonds is 3. The van der Waals surface area contributed by atoms with E-state index in [9.17, 15) is 4.79 Å². The molecular weight excluding hydrogens is 400 g/mol. The highest BCUT2D eigenvalue weighted by molar-refractivity contribution is 9.10. The van der Waals surface area contributed by atoms with Gasteiger partial charge < -0.3 is 14.2 Å². The Morgan fingerprint density at radius 2 is 2.15 bits per heavy atom. The first-order valence-corrected chi connectivity index (χ1v) is 9.61. The lowest BCUT2D eigenvalue weighted by atomic mass is 9.99. The summed E-state index contributed by atoms with van der Waals surface area (Å²) < 4.78 is 10.3. The van der Waals surface area contributed by atoms with Crippen LogP contribution in [0.2, 0.25) is 0 Å². The fourth-order valence-corrected chi connectivity index (χ4v) is 5.28. The molecule has 1 aliphatic heterocycles. The molecule has 1 saturated carbocycles. The molecule has 2 aliphatic rings. The number of likely N-dealkylation sites (tertiary alicyclic amines) is 1. The molecule has 3 aromatic rings. The number of aromatic amines is 1. The highest BCUT2D eigenvalue weighted by Crippen LogP contribution is 2.57. The smallest absolute Gasteiger partial charge is 0.298 e. The Hall–Kier alpha value is -1.87. The van der Waals surface area contributed by atoms with E-state index in [1.165, 1.54) is 12.8 Å². The second-order valence-electron chi connectivity index (χ2n) is 7.82. The van der Waals surface area contributed by atoms with Crippen molar-refractivity contribution in [2.24, 2.45) is 25.4 Å². The number of piperidine rings is 1. The number of aryl methyl sites for hydroxylation is 2. The summed E-state index contributed by atoms with van der Waals surface area (Å²) in [7, 11) is 5.87. The summed E-state index contributed by atoms with van der Waals surface area (Å²) in [5, 5.41) is 4.88. The van der Waals surface area contributed by atoms with Crippen LogP contribution in [0.5, 0.6) is 6.01 Å². The monoisotopic (exact) mass is 420 g/mol. The number of ether oxygens (including phenoxy) is 1. The minimum Gasteiger partial charge on any atom is -0.464 e. The average molecular weight is 421 g/mol. The van der Waals surface area contributed by atoms with E-state index < -0.39 is 0 Å². The molecule has 26 heavy (non-hydrogen) atoms. The van der Waals surface area contributed by atoms with Gasteiger partial charge in [0.15, 0.2) is 10.3 Å². The van der Waals surface area contributed by atoms with Gasteiger partial charge in [-0.05, 0) is 48.3 Å². The van der Waals surface area contributed by atoms with Crippen LogP contribution >= 0.6 is 15.9 Å². The normalized spacial score (nSPS) is 25.8. The molecule has 2 atom stereocenters. The molecule has 0 amide bonds. The van der Waals surface area contributed by atoms with E-state index in [4.69, 9.17) is 4.74 Å². The molecule has 3 aromatic heterocycles. The number of nitrogens with one attached hydrogen (secondary N) is 1. The molecule has 4 heterocycles. The maximum atomic E-state index is 12.7. The minimum absolute atomic E-state index is 0.197. The third-order valence-corrected chi connectivity index (χ3v) is 6.58. The molecule has 0 bridgehead atoms. The third kappa shape index (κ3) is 2.19. The lowest BCUT2D eigenvalue weighted by Crippen LogP contribution is -2.37. The second kappa shape index (κ2) is 5.32. The molecule has 2 fully saturated rings. The molecule has 2 unspecified atom stereocenters. The van der Waals surface area contributed by atoms with E-state index in [0.717, 1.165) is 30.0 Å². The quantitative estimate of drug-likeness (QED) is 0.696. The average Bonchev–Trinajstić information content (AvgIpc) is 3.11. The van der Waals surface area contributed by atoms with Gasteiger partial charge in [-0.3, -0.25) is 14.5 Å². The summed E-state index contributed by atoms with van der Waals surface area (Å²) in [5.41, 5.74) is 2.26. The van der Waals surface area contributed by atoms with Crippen LogP contribution in [0, 0.1) is 11.3 Å². The Bertz CT molecular complexity index is 1100. The molecule has 8 nitrogen and oxygen atoms in total. The van der Waals surface area contributed by atoms with E-state index in [0.29, 0.717) is 28.3 Å². The molecule has 1 aliphatic carbocycles. The van der Waals surface area contributed by atoms with E-state index in [1.54, 1.807) is 4.68 Å². The van der Waals surface area contributed by atoms with Crippen molar-refractivity contribution in [3.63, 3.8) is 0 Å². The van der Waals surface area contributed by atoms with E-state index >= 15 is 0 Å². The van der Waals surface area contributed by atoms with E-state index in [2.05, 4.69) is 42.9 Å². The van der Waals surface area contributed by atoms with E-state index in [1.807, 2.05) is 18.7 Å². The number of H-pyrrole nitrogens is 1. The molecule has 1 saturated heterocycles. The number of hydrogen-bond acceptors (Lipinski definition) is 5. The largest absolute Gasteiger partial charge is 0.464 e. The standard InChI is InChI=1S/C17H21BrN6O2/c1-22-5-4-9-6-17(9,7-22)8-26-16-19-14-10(15(25)20-16)11-12(23(14)2)13(18)21-24(11)3/h9H,4-8H2,1-3H3,(H,19,20,25). The van der Waals surface area contributed by atoms with Crippen LogP contribution in [0.3, 0.4) is 0 Å². The van der Waals surface area contributed by atoms with Crippen molar-refractivity contribution in [1.82, 2.24) is 29.2 Å². The minimum atomic E-state index is -0.197. The molecule has 0 spiro atoms. The number of nitrogens with zero attached hydrogens (tertiary/aromatic N) is 5. The molecule has 0 aromatic carbocycles. The summed E-state index contributed by atoms with van der Waals surface area (Å²) >= 11 is 3.46. The predicted molar refractivity (Wildman–Crippen MR) is 101 cm³/mol. The summed E-state index contributed by atoms with van der Waals surface area (Å²) in [6.45, 7) is 2.81. The van der Waals surface area contributed by atoms with Crippen LogP contribution in [0.15, 0.2) is 9.40 Å². The van der Waals surface area contributed by atoms with Gasteiger partial charge in [0.25, 0.3) is 11.6 Å². The zero-order valence-corrected chi connectivity index (χ0v) is 16.6. The Labute approximate surface area is 158 Å². The van der Waals surface area contributed by atoms with Crippen molar-refractivity contribution in [3.05, 3.63) is 15.0 Å². The van der Waals surface area contributed by atoms with Crippen molar-refractivity contribution in [2.45, 2.75) is 12.8 Å². The van der Waals surface area contributed by atoms with Crippen LogP contribution < -0.4 is 10.3 Å². The molecular formula is C17H21BrN6O2. The van der Waals surface area contributed by atoms with E-state index in [-0.39, 0.29) is 11.0 Å². The van der Waals surface area contributed by atoms with Crippen LogP contribution in [0.4, 0.5) is 0 Å². The van der Waals surface area contributed by atoms with Gasteiger partial charge in [-0.1, -0.05) is 0 Å². The van der Waals surface area contributed by atoms with Crippen molar-refractivity contribution in [2.75, 3.05) is 26.7 Å². The maximum Gasteiger partial charge on any atom is 0.298 e. The van der Waals surface area contributed by atoms with Gasteiger partial charge in [-0.25, -0.2) is 0 Å². The van der Waals surface area contributed by atoms with Gasteiger partial charge in [0, 0.05) is 26.1 Å². The third-order valence-electron chi connectivity index (χ3n) is 6.05. The van der Waals surface area contributed by atoms with Crippen molar-refractivity contribution in [3.8, 4) is 6.01 Å². The second-order valence-corrected chi connectivity index (χ2v) is 8.57. The summed E-state index contributed by atoms with van der Waals surface area (Å²) in [6, 6.07) is 0.297. The first kappa shape index (κ1) is 16.3. The molecule has 1 N–H and O–H groups in total. The molecule has 0 radical (unpaired) electrons. The van der Waals surface area contributed by atoms with Gasteiger partial charge in [0.05, 0.1) is 6.61 Å². The number of aromatic nitrogens is 5. The summed E-state index contributed by atoms with van der Waals surface area (Å²) in [5.74, 6) is 0.744. The Balaban J connectivity index is 1.52. The predicted octanol–water partition coefficient (Wildman–Crippen LogP) is 1.63.